The zero-order valence-electron chi connectivity index (χ0n) is 21.5. The maximum absolute atomic E-state index is 13.1. The van der Waals surface area contributed by atoms with Crippen LogP contribution < -0.4 is 29.6 Å². The van der Waals surface area contributed by atoms with Crippen molar-refractivity contribution in [3.63, 3.8) is 0 Å². The summed E-state index contributed by atoms with van der Waals surface area (Å²) >= 11 is 6.81. The Hall–Kier alpha value is -0.740. The number of ketones is 1. The van der Waals surface area contributed by atoms with Crippen LogP contribution in [0.25, 0.3) is 0 Å². The third-order valence-corrected chi connectivity index (χ3v) is 10.1. The summed E-state index contributed by atoms with van der Waals surface area (Å²) in [4.78, 5) is 12.7. The zero-order valence-corrected chi connectivity index (χ0v) is 27.5. The molecule has 0 spiro atoms. The normalized spacial score (nSPS) is 23.5. The van der Waals surface area contributed by atoms with Crippen LogP contribution in [-0.2, 0) is 19.7 Å². The van der Waals surface area contributed by atoms with Gasteiger partial charge in [-0.2, -0.15) is 0 Å². The van der Waals surface area contributed by atoms with Crippen molar-refractivity contribution >= 4 is 47.8 Å². The predicted octanol–water partition coefficient (Wildman–Crippen LogP) is 3.83. The Labute approximate surface area is 252 Å². The summed E-state index contributed by atoms with van der Waals surface area (Å²) in [5, 5.41) is 10.7. The Morgan fingerprint density at radius 1 is 1.11 bits per heavy atom. The number of hydrogen-bond acceptors (Lipinski definition) is 5. The molecule has 5 nitrogen and oxygen atoms in total. The number of aromatic hydroxyl groups is 1. The van der Waals surface area contributed by atoms with Crippen molar-refractivity contribution in [3.05, 3.63) is 84.9 Å². The minimum absolute atomic E-state index is 0. The van der Waals surface area contributed by atoms with Crippen LogP contribution in [0.15, 0.2) is 68.2 Å². The number of carbonyl (C=O) groups excluding carboxylic acids is 1. The van der Waals surface area contributed by atoms with Crippen molar-refractivity contribution in [1.29, 1.82) is 0 Å². The van der Waals surface area contributed by atoms with Crippen LogP contribution in [0.3, 0.4) is 0 Å². The Morgan fingerprint density at radius 3 is 2.25 bits per heavy atom. The van der Waals surface area contributed by atoms with Crippen LogP contribution in [-0.4, -0.2) is 23.9 Å². The Kier molecular flexibility index (Phi) is 10.1. The number of phenols is 1. The summed E-state index contributed by atoms with van der Waals surface area (Å²) in [7, 11) is -4.96. The molecular formula is C27H29Br2NaO5S. The first-order chi connectivity index (χ1) is 16.1. The molecule has 2 aliphatic rings. The van der Waals surface area contributed by atoms with Crippen molar-refractivity contribution in [2.24, 2.45) is 11.8 Å². The van der Waals surface area contributed by atoms with Gasteiger partial charge in [0.25, 0.3) is 0 Å². The molecule has 1 aromatic rings. The van der Waals surface area contributed by atoms with Crippen molar-refractivity contribution < 1.29 is 52.4 Å². The molecule has 36 heavy (non-hydrogen) atoms. The average molecular weight is 648 g/mol. The quantitative estimate of drug-likeness (QED) is 0.387. The van der Waals surface area contributed by atoms with E-state index in [0.717, 1.165) is 0 Å². The average Bonchev–Trinajstić information content (AvgIpc) is 2.77. The fourth-order valence-corrected chi connectivity index (χ4v) is 6.74. The summed E-state index contributed by atoms with van der Waals surface area (Å²) in [6.07, 6.45) is 9.93. The molecule has 1 aromatic carbocycles. The molecule has 2 unspecified atom stereocenters. The molecule has 3 rings (SSSR count). The summed E-state index contributed by atoms with van der Waals surface area (Å²) < 4.78 is 38.2. The monoisotopic (exact) mass is 646 g/mol. The molecule has 0 aliphatic heterocycles. The third kappa shape index (κ3) is 5.37. The van der Waals surface area contributed by atoms with Crippen LogP contribution in [0, 0.1) is 18.8 Å². The Morgan fingerprint density at radius 2 is 1.72 bits per heavy atom. The van der Waals surface area contributed by atoms with E-state index in [1.807, 2.05) is 27.7 Å². The maximum Gasteiger partial charge on any atom is 1.00 e. The van der Waals surface area contributed by atoms with Gasteiger partial charge in [-0.15, -0.1) is 0 Å². The van der Waals surface area contributed by atoms with Crippen molar-refractivity contribution in [2.75, 3.05) is 0 Å². The van der Waals surface area contributed by atoms with Gasteiger partial charge >= 0.3 is 29.6 Å². The van der Waals surface area contributed by atoms with Crippen LogP contribution in [0.2, 0.25) is 0 Å². The van der Waals surface area contributed by atoms with Crippen LogP contribution in [0.1, 0.15) is 57.2 Å². The molecule has 2 atom stereocenters. The number of phenolic OH excluding ortho intramolecular Hbond substituents is 1. The number of carbonyl (C=O) groups is 1. The summed E-state index contributed by atoms with van der Waals surface area (Å²) in [5.41, 5.74) is 3.28. The first-order valence-electron chi connectivity index (χ1n) is 11.3. The van der Waals surface area contributed by atoms with E-state index in [1.54, 1.807) is 50.3 Å². The summed E-state index contributed by atoms with van der Waals surface area (Å²) in [5.74, 6) is -1.07. The molecule has 0 radical (unpaired) electrons. The van der Waals surface area contributed by atoms with Gasteiger partial charge in [0.15, 0.2) is 5.78 Å². The zero-order chi connectivity index (χ0) is 26.5. The van der Waals surface area contributed by atoms with Gasteiger partial charge in [0.2, 0.25) is 0 Å². The molecule has 2 aliphatic carbocycles. The predicted molar refractivity (Wildman–Crippen MR) is 145 cm³/mol. The number of halogens is 2. The van der Waals surface area contributed by atoms with E-state index in [0.29, 0.717) is 42.4 Å². The molecule has 0 saturated heterocycles. The molecule has 0 fully saturated rings. The van der Waals surface area contributed by atoms with Crippen LogP contribution in [0.4, 0.5) is 0 Å². The van der Waals surface area contributed by atoms with E-state index in [4.69, 9.17) is 0 Å². The standard InChI is InChI=1S/C27H30Br2O5S.Na/c1-14(2)20-12-18(16(5)23(28)25(20)30)11-19-9-7-8-10-27(19,35(32,33)34)22-13-21(15(3)4)26(31)24(29)17(22)6;/h7-15,19,31H,1-6H3,(H,32,33,34);/q;+1/p-1. The van der Waals surface area contributed by atoms with Crippen molar-refractivity contribution in [3.8, 4) is 5.75 Å². The number of rotatable bonds is 5. The van der Waals surface area contributed by atoms with E-state index in [1.165, 1.54) is 6.08 Å². The number of Topliss-reactive ketones (excluding diaryl/α,β-unsaturated/α-hetero) is 1. The maximum atomic E-state index is 13.1. The van der Waals surface area contributed by atoms with Gasteiger partial charge < -0.3 is 9.66 Å². The molecule has 0 saturated carbocycles. The van der Waals surface area contributed by atoms with Gasteiger partial charge in [-0.05, 0) is 97.5 Å². The Balaban J connectivity index is 0.00000456. The van der Waals surface area contributed by atoms with Crippen molar-refractivity contribution in [2.45, 2.75) is 52.2 Å². The van der Waals surface area contributed by atoms with Gasteiger partial charge in [-0.1, -0.05) is 58.1 Å². The number of hydrogen-bond donors (Lipinski definition) is 1. The first kappa shape index (κ1) is 31.5. The fraction of sp³-hybridized carbons (Fsp3) is 0.370. The van der Waals surface area contributed by atoms with Gasteiger partial charge in [0.1, 0.15) is 20.6 Å². The summed E-state index contributed by atoms with van der Waals surface area (Å²) in [6, 6.07) is 1.63. The van der Waals surface area contributed by atoms with Gasteiger partial charge in [0.05, 0.1) is 8.96 Å². The largest absolute Gasteiger partial charge is 1.00 e. The molecule has 0 amide bonds. The second kappa shape index (κ2) is 11.6. The molecular weight excluding hydrogens is 619 g/mol. The van der Waals surface area contributed by atoms with E-state index in [2.05, 4.69) is 31.9 Å². The third-order valence-electron chi connectivity index (χ3n) is 6.76. The number of benzene rings is 1. The van der Waals surface area contributed by atoms with E-state index in [9.17, 15) is 22.9 Å². The van der Waals surface area contributed by atoms with Crippen molar-refractivity contribution in [1.82, 2.24) is 0 Å². The molecule has 0 heterocycles. The van der Waals surface area contributed by atoms with Crippen LogP contribution in [0.5, 0.6) is 5.75 Å². The van der Waals surface area contributed by atoms with E-state index < -0.39 is 20.8 Å². The molecule has 0 aromatic heterocycles. The molecule has 188 valence electrons. The number of allylic oxidation sites excluding steroid dienone is 9. The first-order valence-corrected chi connectivity index (χ1v) is 14.3. The van der Waals surface area contributed by atoms with Gasteiger partial charge in [0, 0.05) is 11.5 Å². The molecule has 0 bridgehead atoms. The second-order valence-electron chi connectivity index (χ2n) is 9.62. The second-order valence-corrected chi connectivity index (χ2v) is 12.8. The summed E-state index contributed by atoms with van der Waals surface area (Å²) in [6.45, 7) is 11.1. The Bertz CT molecular complexity index is 1350. The molecule has 9 heteroatoms. The van der Waals surface area contributed by atoms with E-state index >= 15 is 0 Å². The minimum Gasteiger partial charge on any atom is -0.747 e. The topological polar surface area (TPSA) is 94.5 Å². The van der Waals surface area contributed by atoms with Gasteiger partial charge in [-0.3, -0.25) is 4.79 Å². The smallest absolute Gasteiger partial charge is 0.747 e. The van der Waals surface area contributed by atoms with Gasteiger partial charge in [-0.25, -0.2) is 8.42 Å². The van der Waals surface area contributed by atoms with Crippen LogP contribution >= 0.6 is 31.9 Å². The minimum atomic E-state index is -4.96. The van der Waals surface area contributed by atoms with E-state index in [-0.39, 0.29) is 52.9 Å². The SMILES string of the molecule is CC1=C(Br)C(=O)C(C(C)C)=CC1=CC1C=CC=CC1(c1cc(C(C)C)c(O)c(Br)c1C)S(=O)(=O)[O-].[Na+]. The molecule has 1 N–H and O–H groups in total. The fourth-order valence-electron chi connectivity index (χ4n) is 4.63.